The van der Waals surface area contributed by atoms with E-state index in [1.807, 2.05) is 6.07 Å². The van der Waals surface area contributed by atoms with E-state index < -0.39 is 27.7 Å². The predicted octanol–water partition coefficient (Wildman–Crippen LogP) is 4.94. The molecule has 1 unspecified atom stereocenters. The van der Waals surface area contributed by atoms with E-state index in [1.165, 1.54) is 22.5 Å². The fourth-order valence-electron chi connectivity index (χ4n) is 3.32. The van der Waals surface area contributed by atoms with Gasteiger partial charge in [-0.05, 0) is 23.8 Å². The number of halogens is 3. The lowest BCUT2D eigenvalue weighted by Crippen LogP contribution is -2.35. The van der Waals surface area contributed by atoms with Gasteiger partial charge in [-0.1, -0.05) is 54.1 Å². The van der Waals surface area contributed by atoms with Gasteiger partial charge in [-0.15, -0.1) is 0 Å². The van der Waals surface area contributed by atoms with Crippen molar-refractivity contribution in [1.82, 2.24) is 4.31 Å². The molecule has 1 atom stereocenters. The third-order valence-electron chi connectivity index (χ3n) is 4.78. The Morgan fingerprint density at radius 2 is 1.79 bits per heavy atom. The summed E-state index contributed by atoms with van der Waals surface area (Å²) in [6, 6.07) is 15.7. The highest BCUT2D eigenvalue weighted by molar-refractivity contribution is 7.89. The highest BCUT2D eigenvalue weighted by Gasteiger charge is 2.39. The minimum absolute atomic E-state index is 0.0111. The number of hydrogen-bond donors (Lipinski definition) is 0. The molecule has 1 aliphatic rings. The first-order valence-electron chi connectivity index (χ1n) is 8.80. The van der Waals surface area contributed by atoms with Crippen LogP contribution >= 0.6 is 11.6 Å². The summed E-state index contributed by atoms with van der Waals surface area (Å²) in [6.45, 7) is -0.299. The number of nitrogens with zero attached hydrogens (tertiary/aromatic N) is 1. The number of fused-ring (bicyclic) bond motifs is 1. The second kappa shape index (κ2) is 7.74. The Balaban J connectivity index is 1.87. The first kappa shape index (κ1) is 19.8. The summed E-state index contributed by atoms with van der Waals surface area (Å²) < 4.78 is 61.7. The fraction of sp³-hybridized carbons (Fsp3) is 0.143. The summed E-state index contributed by atoms with van der Waals surface area (Å²) in [5.74, 6) is -1.48. The van der Waals surface area contributed by atoms with Gasteiger partial charge in [0.15, 0.2) is 5.75 Å². The van der Waals surface area contributed by atoms with Gasteiger partial charge in [0.2, 0.25) is 10.0 Å². The second-order valence-corrected chi connectivity index (χ2v) is 8.86. The molecule has 0 bridgehead atoms. The molecule has 150 valence electrons. The molecule has 0 saturated heterocycles. The van der Waals surface area contributed by atoms with Crippen LogP contribution in [0.15, 0.2) is 71.6 Å². The van der Waals surface area contributed by atoms with E-state index in [4.69, 9.17) is 16.3 Å². The molecule has 0 aliphatic carbocycles. The summed E-state index contributed by atoms with van der Waals surface area (Å²) in [7, 11) is -4.10. The molecule has 1 aliphatic heterocycles. The molecular weight excluding hydrogens is 420 g/mol. The smallest absolute Gasteiger partial charge is 0.247 e. The lowest BCUT2D eigenvalue weighted by molar-refractivity contribution is 0.209. The zero-order valence-corrected chi connectivity index (χ0v) is 16.6. The van der Waals surface area contributed by atoms with E-state index in [9.17, 15) is 17.2 Å². The standard InChI is InChI=1S/C21H16ClF2NO3S/c22-17-7-4-8-20-21(17)28-13-19(14-5-2-1-3-6-14)25(29(20,26)27)12-15-9-10-16(23)11-18(15)24/h1-11,19H,12-13H2. The van der Waals surface area contributed by atoms with Crippen LogP contribution in [0.25, 0.3) is 0 Å². The topological polar surface area (TPSA) is 46.6 Å². The summed E-state index contributed by atoms with van der Waals surface area (Å²) in [5.41, 5.74) is 0.740. The van der Waals surface area contributed by atoms with Crippen LogP contribution in [-0.2, 0) is 16.6 Å². The number of sulfonamides is 1. The van der Waals surface area contributed by atoms with Gasteiger partial charge in [-0.2, -0.15) is 4.31 Å². The van der Waals surface area contributed by atoms with Gasteiger partial charge in [0.05, 0.1) is 11.1 Å². The van der Waals surface area contributed by atoms with Crippen LogP contribution in [0.4, 0.5) is 8.78 Å². The van der Waals surface area contributed by atoms with Crippen molar-refractivity contribution in [2.75, 3.05) is 6.61 Å². The zero-order chi connectivity index (χ0) is 20.6. The summed E-state index contributed by atoms with van der Waals surface area (Å²) in [4.78, 5) is -0.0917. The summed E-state index contributed by atoms with van der Waals surface area (Å²) in [6.07, 6.45) is 0. The van der Waals surface area contributed by atoms with Gasteiger partial charge in [-0.3, -0.25) is 0 Å². The van der Waals surface area contributed by atoms with Crippen molar-refractivity contribution < 1.29 is 21.9 Å². The largest absolute Gasteiger partial charge is 0.489 e. The molecule has 4 nitrogen and oxygen atoms in total. The monoisotopic (exact) mass is 435 g/mol. The molecule has 3 aromatic rings. The van der Waals surface area contributed by atoms with Gasteiger partial charge in [-0.25, -0.2) is 17.2 Å². The van der Waals surface area contributed by atoms with Crippen LogP contribution in [0.2, 0.25) is 5.02 Å². The van der Waals surface area contributed by atoms with Crippen LogP contribution in [0.3, 0.4) is 0 Å². The molecule has 1 heterocycles. The average molecular weight is 436 g/mol. The third-order valence-corrected chi connectivity index (χ3v) is 6.95. The number of rotatable bonds is 3. The maximum Gasteiger partial charge on any atom is 0.247 e. The van der Waals surface area contributed by atoms with E-state index in [2.05, 4.69) is 0 Å². The van der Waals surface area contributed by atoms with Crippen LogP contribution < -0.4 is 4.74 Å². The van der Waals surface area contributed by atoms with Gasteiger partial charge in [0.1, 0.15) is 23.1 Å². The number of hydrogen-bond acceptors (Lipinski definition) is 3. The fourth-order valence-corrected chi connectivity index (χ4v) is 5.34. The van der Waals surface area contributed by atoms with Crippen LogP contribution in [0, 0.1) is 11.6 Å². The number of ether oxygens (including phenoxy) is 1. The van der Waals surface area contributed by atoms with E-state index in [0.717, 1.165) is 12.1 Å². The van der Waals surface area contributed by atoms with Crippen LogP contribution in [-0.4, -0.2) is 19.3 Å². The Labute approximate surface area is 172 Å². The van der Waals surface area contributed by atoms with Gasteiger partial charge >= 0.3 is 0 Å². The van der Waals surface area contributed by atoms with Crippen molar-refractivity contribution in [2.45, 2.75) is 17.5 Å². The van der Waals surface area contributed by atoms with E-state index >= 15 is 0 Å². The van der Waals surface area contributed by atoms with Crippen molar-refractivity contribution in [3.05, 3.63) is 94.5 Å². The lowest BCUT2D eigenvalue weighted by atomic mass is 10.1. The second-order valence-electron chi connectivity index (χ2n) is 6.59. The molecule has 29 heavy (non-hydrogen) atoms. The van der Waals surface area contributed by atoms with Gasteiger partial charge in [0.25, 0.3) is 0 Å². The zero-order valence-electron chi connectivity index (χ0n) is 15.1. The van der Waals surface area contributed by atoms with E-state index in [0.29, 0.717) is 5.56 Å². The average Bonchev–Trinajstić information content (AvgIpc) is 2.80. The number of benzene rings is 3. The van der Waals surface area contributed by atoms with Crippen molar-refractivity contribution >= 4 is 21.6 Å². The maximum absolute atomic E-state index is 14.3. The molecule has 0 radical (unpaired) electrons. The predicted molar refractivity (Wildman–Crippen MR) is 105 cm³/mol. The molecule has 0 spiro atoms. The van der Waals surface area contributed by atoms with Crippen molar-refractivity contribution in [3.8, 4) is 5.75 Å². The molecule has 4 rings (SSSR count). The van der Waals surface area contributed by atoms with Crippen LogP contribution in [0.5, 0.6) is 5.75 Å². The highest BCUT2D eigenvalue weighted by atomic mass is 35.5. The Hall–Kier alpha value is -2.48. The van der Waals surface area contributed by atoms with Crippen LogP contribution in [0.1, 0.15) is 17.2 Å². The van der Waals surface area contributed by atoms with E-state index in [1.54, 1.807) is 30.3 Å². The highest BCUT2D eigenvalue weighted by Crippen LogP contribution is 2.41. The van der Waals surface area contributed by atoms with Crippen molar-refractivity contribution in [1.29, 1.82) is 0 Å². The van der Waals surface area contributed by atoms with E-state index in [-0.39, 0.29) is 34.4 Å². The molecule has 3 aromatic carbocycles. The molecule has 0 aromatic heterocycles. The summed E-state index contributed by atoms with van der Waals surface area (Å²) >= 11 is 6.18. The third kappa shape index (κ3) is 3.73. The lowest BCUT2D eigenvalue weighted by Gasteiger charge is -2.28. The molecule has 0 N–H and O–H groups in total. The van der Waals surface area contributed by atoms with Gasteiger partial charge in [0, 0.05) is 18.2 Å². The summed E-state index contributed by atoms with van der Waals surface area (Å²) in [5, 5.41) is 0.174. The first-order valence-corrected chi connectivity index (χ1v) is 10.6. The molecule has 0 amide bonds. The Kier molecular flexibility index (Phi) is 5.29. The van der Waals surface area contributed by atoms with Crippen molar-refractivity contribution in [3.63, 3.8) is 0 Å². The molecule has 0 saturated carbocycles. The maximum atomic E-state index is 14.3. The SMILES string of the molecule is O=S1(=O)c2cccc(Cl)c2OCC(c2ccccc2)N1Cc1ccc(F)cc1F. The Bertz CT molecular complexity index is 1160. The van der Waals surface area contributed by atoms with Crippen molar-refractivity contribution in [2.24, 2.45) is 0 Å². The van der Waals surface area contributed by atoms with Gasteiger partial charge < -0.3 is 4.74 Å². The number of para-hydroxylation sites is 1. The molecule has 8 heteroatoms. The Morgan fingerprint density at radius 3 is 2.52 bits per heavy atom. The molecular formula is C21H16ClF2NO3S. The Morgan fingerprint density at radius 1 is 1.03 bits per heavy atom. The minimum atomic E-state index is -4.10. The molecule has 0 fully saturated rings. The quantitative estimate of drug-likeness (QED) is 0.585. The first-order chi connectivity index (χ1) is 13.9. The minimum Gasteiger partial charge on any atom is -0.489 e. The normalized spacial score (nSPS) is 18.5.